The number of nitrogens with zero attached hydrogens (tertiary/aromatic N) is 3. The van der Waals surface area contributed by atoms with Gasteiger partial charge in [0.1, 0.15) is 12.5 Å². The Morgan fingerprint density at radius 3 is 1.70 bits per heavy atom. The zero-order valence-electron chi connectivity index (χ0n) is 31.3. The molecule has 28 heteroatoms. The van der Waals surface area contributed by atoms with E-state index < -0.39 is 68.9 Å². The van der Waals surface area contributed by atoms with E-state index in [2.05, 4.69) is 53.5 Å². The topological polar surface area (TPSA) is 179 Å². The predicted molar refractivity (Wildman–Crippen MR) is 193 cm³/mol. The molecule has 2 heterocycles. The summed E-state index contributed by atoms with van der Waals surface area (Å²) in [5, 5.41) is 4.22. The summed E-state index contributed by atoms with van der Waals surface area (Å²) in [6.45, 7) is 16.5. The van der Waals surface area contributed by atoms with Crippen LogP contribution >= 0.6 is 0 Å². The average molecular weight is 930 g/mol. The summed E-state index contributed by atoms with van der Waals surface area (Å²) in [7, 11) is -22.2. The highest BCUT2D eigenvalue weighted by Crippen LogP contribution is 2.36. The fraction of sp³-hybridized carbons (Fsp3) is 0.586. The Bertz CT molecular complexity index is 2130. The molecule has 2 aromatic heterocycles. The number of aryl methyl sites for hydroxylation is 1. The normalized spacial score (nSPS) is 13.7. The molecule has 0 amide bonds. The van der Waals surface area contributed by atoms with Crippen LogP contribution in [0.1, 0.15) is 12.5 Å². The van der Waals surface area contributed by atoms with E-state index in [9.17, 15) is 64.8 Å². The molecule has 0 N–H and O–H groups in total. The van der Waals surface area contributed by atoms with Crippen molar-refractivity contribution in [2.45, 2.75) is 88.0 Å². The Hall–Kier alpha value is -3.03. The van der Waals surface area contributed by atoms with Gasteiger partial charge in [-0.05, 0) is 48.3 Å². The first kappa shape index (κ1) is 50.1. The van der Waals surface area contributed by atoms with Crippen molar-refractivity contribution in [3.05, 3.63) is 36.0 Å². The number of aromatic nitrogens is 3. The van der Waals surface area contributed by atoms with Gasteiger partial charge in [0.2, 0.25) is 5.88 Å². The third-order valence-corrected chi connectivity index (χ3v) is 14.0. The first-order valence-electron chi connectivity index (χ1n) is 16.2. The summed E-state index contributed by atoms with van der Waals surface area (Å²) in [6, 6.07) is 8.77. The maximum atomic E-state index is 13.2. The van der Waals surface area contributed by atoms with E-state index >= 15 is 0 Å². The van der Waals surface area contributed by atoms with Gasteiger partial charge in [-0.1, -0.05) is 46.2 Å². The number of hydrogen-bond acceptors (Lipinski definition) is 13. The fourth-order valence-electron chi connectivity index (χ4n) is 3.97. The summed E-state index contributed by atoms with van der Waals surface area (Å²) in [4.78, 5) is 4.21. The largest absolute Gasteiger partial charge is 0.534 e. The molecule has 3 aromatic rings. The van der Waals surface area contributed by atoms with Gasteiger partial charge < -0.3 is 18.4 Å². The molecule has 326 valence electrons. The first-order chi connectivity index (χ1) is 25.6. The lowest BCUT2D eigenvalue weighted by Gasteiger charge is -2.16. The van der Waals surface area contributed by atoms with Gasteiger partial charge in [0.25, 0.3) is 0 Å². The van der Waals surface area contributed by atoms with Crippen LogP contribution in [0.25, 0.3) is 22.2 Å². The molecule has 3 rings (SSSR count). The highest BCUT2D eigenvalue weighted by Gasteiger charge is 2.57. The summed E-state index contributed by atoms with van der Waals surface area (Å²) >= 11 is 0. The lowest BCUT2D eigenvalue weighted by atomic mass is 10.0. The van der Waals surface area contributed by atoms with E-state index in [-0.39, 0.29) is 24.6 Å². The van der Waals surface area contributed by atoms with Crippen LogP contribution in [0.3, 0.4) is 0 Å². The standard InChI is InChI=1S/C27H40F3N3O6SSi2.C2F6O5S2/c1-8-20-15-21(38-19-37-12-14-42(5,6)7)9-10-22(20)24-16-25-23(26(32-24)39-40(34,35)27(28,29)30)17-31-33(25)18-36-11-13-41(2,3)4;3-1(4,5)14(9,10)13-15(11,12)2(6,7)8/h9-10,15-17H,8,11-14,18-19H2,1-7H3;. The molecule has 1 aromatic carbocycles. The SMILES string of the molecule is CCc1cc(OCOCC[Si](C)(C)C)ccc1-c1cc2c(cnn2COCC[Si](C)(C)C)c(OS(=O)(=O)C(F)(F)F)n1.O=S(=O)(OS(=O)(=O)C(F)(F)F)C(F)(F)F. The van der Waals surface area contributed by atoms with E-state index in [0.717, 1.165) is 17.7 Å². The Balaban J connectivity index is 0.000000632. The first-order valence-corrected chi connectivity index (χ1v) is 27.9. The summed E-state index contributed by atoms with van der Waals surface area (Å²) in [5.74, 6) is -0.159. The zero-order chi connectivity index (χ0) is 44.1. The molecule has 14 nitrogen and oxygen atoms in total. The second-order valence-corrected chi connectivity index (χ2v) is 30.3. The highest BCUT2D eigenvalue weighted by molar-refractivity contribution is 8.00. The third kappa shape index (κ3) is 14.9. The summed E-state index contributed by atoms with van der Waals surface area (Å²) in [5.41, 5.74) is -16.3. The van der Waals surface area contributed by atoms with E-state index in [0.29, 0.717) is 36.5 Å². The maximum Gasteiger partial charge on any atom is 0.534 e. The van der Waals surface area contributed by atoms with Crippen molar-refractivity contribution >= 4 is 57.4 Å². The van der Waals surface area contributed by atoms with Gasteiger partial charge in [0.05, 0.1) is 22.8 Å². The van der Waals surface area contributed by atoms with Gasteiger partial charge in [0, 0.05) is 34.9 Å². The van der Waals surface area contributed by atoms with Crippen LogP contribution in [0.15, 0.2) is 30.5 Å². The highest BCUT2D eigenvalue weighted by atomic mass is 32.3. The van der Waals surface area contributed by atoms with Crippen LogP contribution in [-0.4, -0.2) is 92.7 Å². The molecule has 0 radical (unpaired) electrons. The van der Waals surface area contributed by atoms with Crippen molar-refractivity contribution in [1.82, 2.24) is 14.8 Å². The Morgan fingerprint density at radius 1 is 0.719 bits per heavy atom. The van der Waals surface area contributed by atoms with Crippen molar-refractivity contribution in [1.29, 1.82) is 0 Å². The summed E-state index contributed by atoms with van der Waals surface area (Å²) in [6.07, 6.45) is 1.76. The molecule has 0 atom stereocenters. The van der Waals surface area contributed by atoms with Gasteiger partial charge in [-0.3, -0.25) is 0 Å². The molecule has 0 fully saturated rings. The number of halogens is 9. The number of benzene rings is 1. The lowest BCUT2D eigenvalue weighted by molar-refractivity contribution is -0.0586. The van der Waals surface area contributed by atoms with E-state index in [4.69, 9.17) is 14.2 Å². The molecule has 0 aliphatic carbocycles. The zero-order valence-corrected chi connectivity index (χ0v) is 35.7. The number of hydrogen-bond donors (Lipinski definition) is 0. The average Bonchev–Trinajstić information content (AvgIpc) is 3.43. The number of alkyl halides is 9. The minimum atomic E-state index is -6.85. The van der Waals surface area contributed by atoms with Crippen LogP contribution in [0.2, 0.25) is 51.4 Å². The molecular weight excluding hydrogens is 890 g/mol. The third-order valence-electron chi connectivity index (χ3n) is 7.07. The quantitative estimate of drug-likeness (QED) is 0.0323. The smallest absolute Gasteiger partial charge is 0.468 e. The summed E-state index contributed by atoms with van der Waals surface area (Å²) < 4.78 is 197. The maximum absolute atomic E-state index is 13.2. The molecule has 0 unspecified atom stereocenters. The number of ether oxygens (including phenoxy) is 3. The van der Waals surface area contributed by atoms with Crippen LogP contribution in [0, 0.1) is 0 Å². The lowest BCUT2D eigenvalue weighted by Crippen LogP contribution is -2.34. The number of pyridine rings is 1. The molecular formula is C29H40F9N3O11S3Si2. The van der Waals surface area contributed by atoms with Gasteiger partial charge in [0.15, 0.2) is 6.79 Å². The van der Waals surface area contributed by atoms with Crippen molar-refractivity contribution in [3.63, 3.8) is 0 Å². The molecule has 0 spiro atoms. The minimum Gasteiger partial charge on any atom is -0.468 e. The molecule has 0 bridgehead atoms. The van der Waals surface area contributed by atoms with Crippen molar-refractivity contribution < 1.29 is 86.8 Å². The fourth-order valence-corrected chi connectivity index (χ4v) is 7.48. The Labute approximate surface area is 325 Å². The molecule has 0 saturated heterocycles. The molecule has 0 aliphatic rings. The van der Waals surface area contributed by atoms with Gasteiger partial charge in [-0.25, -0.2) is 9.67 Å². The van der Waals surface area contributed by atoms with Crippen LogP contribution in [0.4, 0.5) is 39.5 Å². The van der Waals surface area contributed by atoms with Crippen LogP contribution in [0.5, 0.6) is 11.6 Å². The minimum absolute atomic E-state index is 0.00819. The van der Waals surface area contributed by atoms with E-state index in [1.165, 1.54) is 10.9 Å². The monoisotopic (exact) mass is 929 g/mol. The van der Waals surface area contributed by atoms with Crippen molar-refractivity contribution in [2.75, 3.05) is 20.0 Å². The van der Waals surface area contributed by atoms with Crippen molar-refractivity contribution in [2.24, 2.45) is 0 Å². The van der Waals surface area contributed by atoms with Crippen LogP contribution in [-0.2, 0) is 56.6 Å². The second kappa shape index (κ2) is 18.5. The van der Waals surface area contributed by atoms with Crippen molar-refractivity contribution in [3.8, 4) is 22.9 Å². The predicted octanol–water partition coefficient (Wildman–Crippen LogP) is 7.59. The molecule has 57 heavy (non-hydrogen) atoms. The van der Waals surface area contributed by atoms with Gasteiger partial charge in [-0.15, -0.1) is 3.63 Å². The van der Waals surface area contributed by atoms with Gasteiger partial charge >= 0.3 is 46.9 Å². The molecule has 0 aliphatic heterocycles. The molecule has 0 saturated carbocycles. The Morgan fingerprint density at radius 2 is 1.23 bits per heavy atom. The number of fused-ring (bicyclic) bond motifs is 1. The second-order valence-electron chi connectivity index (χ2n) is 14.2. The van der Waals surface area contributed by atoms with E-state index in [1.54, 1.807) is 24.3 Å². The Kier molecular flexibility index (Phi) is 16.3. The van der Waals surface area contributed by atoms with Crippen LogP contribution < -0.4 is 8.92 Å². The number of rotatable bonds is 17. The van der Waals surface area contributed by atoms with Gasteiger partial charge in [-0.2, -0.15) is 69.9 Å². The van der Waals surface area contributed by atoms with E-state index in [1.807, 2.05) is 10.6 Å².